The van der Waals surface area contributed by atoms with E-state index in [0.717, 1.165) is 35.4 Å². The molecule has 6 nitrogen and oxygen atoms in total. The lowest BCUT2D eigenvalue weighted by Crippen LogP contribution is -2.47. The minimum Gasteiger partial charge on any atom is -0.497 e. The molecule has 0 radical (unpaired) electrons. The molecule has 1 fully saturated rings. The Morgan fingerprint density at radius 1 is 0.833 bits per heavy atom. The maximum atomic E-state index is 13.6. The second-order valence-corrected chi connectivity index (χ2v) is 8.41. The number of rotatable bonds is 6. The molecular weight excluding hydrogens is 481 g/mol. The molecule has 0 atom stereocenters. The first kappa shape index (κ1) is 25.3. The van der Waals surface area contributed by atoms with Gasteiger partial charge in [-0.3, -0.25) is 9.78 Å². The predicted molar refractivity (Wildman–Crippen MR) is 143 cm³/mol. The Labute approximate surface area is 215 Å². The third-order valence-corrected chi connectivity index (χ3v) is 6.43. The Morgan fingerprint density at radius 2 is 1.44 bits per heavy atom. The summed E-state index contributed by atoms with van der Waals surface area (Å²) in [6, 6.07) is 19.4. The molecule has 3 aromatic carbocycles. The zero-order chi connectivity index (χ0) is 24.4. The van der Waals surface area contributed by atoms with E-state index in [-0.39, 0.29) is 24.0 Å². The molecule has 1 aliphatic rings. The number of methoxy groups -OCH3 is 2. The predicted octanol–water partition coefficient (Wildman–Crippen LogP) is 5.37. The number of nitrogens with zero attached hydrogens (tertiary/aromatic N) is 3. The smallest absolute Gasteiger partial charge is 0.196 e. The fourth-order valence-electron chi connectivity index (χ4n) is 4.53. The van der Waals surface area contributed by atoms with Crippen molar-refractivity contribution in [2.75, 3.05) is 50.2 Å². The van der Waals surface area contributed by atoms with Gasteiger partial charge in [0.25, 0.3) is 0 Å². The van der Waals surface area contributed by atoms with Gasteiger partial charge in [-0.25, -0.2) is 4.39 Å². The second kappa shape index (κ2) is 10.8. The fourth-order valence-corrected chi connectivity index (χ4v) is 4.53. The van der Waals surface area contributed by atoms with Crippen LogP contribution in [0.5, 0.6) is 11.5 Å². The summed E-state index contributed by atoms with van der Waals surface area (Å²) in [6.07, 6.45) is 1.67. The first-order chi connectivity index (χ1) is 17.1. The number of halogens is 2. The van der Waals surface area contributed by atoms with Crippen molar-refractivity contribution < 1.29 is 18.7 Å². The van der Waals surface area contributed by atoms with Crippen LogP contribution in [0.1, 0.15) is 15.9 Å². The van der Waals surface area contributed by atoms with E-state index in [1.54, 1.807) is 56.8 Å². The number of carbonyl (C=O) groups excluding carboxylic acids is 1. The van der Waals surface area contributed by atoms with Crippen LogP contribution in [0, 0.1) is 5.82 Å². The molecule has 0 saturated carbocycles. The third-order valence-electron chi connectivity index (χ3n) is 6.43. The average Bonchev–Trinajstić information content (AvgIpc) is 2.92. The summed E-state index contributed by atoms with van der Waals surface area (Å²) in [5.41, 5.74) is 3.76. The number of pyridine rings is 1. The first-order valence-electron chi connectivity index (χ1n) is 11.5. The summed E-state index contributed by atoms with van der Waals surface area (Å²) in [5.74, 6) is 1.06. The van der Waals surface area contributed by atoms with Crippen LogP contribution in [0.4, 0.5) is 15.8 Å². The molecule has 36 heavy (non-hydrogen) atoms. The number of anilines is 2. The Bertz CT molecular complexity index is 1360. The first-order valence-corrected chi connectivity index (χ1v) is 11.5. The van der Waals surface area contributed by atoms with Crippen LogP contribution in [0.25, 0.3) is 10.9 Å². The molecule has 2 heterocycles. The number of ketones is 1. The van der Waals surface area contributed by atoms with Crippen LogP contribution in [-0.2, 0) is 0 Å². The van der Waals surface area contributed by atoms with Crippen molar-refractivity contribution >= 4 is 40.5 Å². The van der Waals surface area contributed by atoms with Crippen molar-refractivity contribution in [3.05, 3.63) is 89.9 Å². The van der Waals surface area contributed by atoms with Crippen molar-refractivity contribution in [2.45, 2.75) is 0 Å². The maximum absolute atomic E-state index is 13.6. The highest BCUT2D eigenvalue weighted by Gasteiger charge is 2.25. The zero-order valence-electron chi connectivity index (χ0n) is 20.1. The highest BCUT2D eigenvalue weighted by atomic mass is 35.5. The molecule has 1 aliphatic heterocycles. The fraction of sp³-hybridized carbons (Fsp3) is 0.214. The number of hydrogen-bond donors (Lipinski definition) is 0. The number of aromatic nitrogens is 1. The summed E-state index contributed by atoms with van der Waals surface area (Å²) >= 11 is 0. The Balaban J connectivity index is 0.00000304. The Hall–Kier alpha value is -3.84. The average molecular weight is 508 g/mol. The molecule has 0 aliphatic carbocycles. The number of carbonyl (C=O) groups is 1. The molecule has 5 rings (SSSR count). The van der Waals surface area contributed by atoms with Gasteiger partial charge >= 0.3 is 0 Å². The lowest BCUT2D eigenvalue weighted by molar-refractivity contribution is 0.103. The van der Waals surface area contributed by atoms with E-state index >= 15 is 0 Å². The maximum Gasteiger partial charge on any atom is 0.196 e. The van der Waals surface area contributed by atoms with E-state index in [1.807, 2.05) is 18.2 Å². The van der Waals surface area contributed by atoms with E-state index < -0.39 is 0 Å². The summed E-state index contributed by atoms with van der Waals surface area (Å²) in [7, 11) is 3.23. The van der Waals surface area contributed by atoms with Gasteiger partial charge in [-0.05, 0) is 66.7 Å². The van der Waals surface area contributed by atoms with Gasteiger partial charge in [0.05, 0.1) is 31.0 Å². The lowest BCUT2D eigenvalue weighted by atomic mass is 9.99. The monoisotopic (exact) mass is 507 g/mol. The quantitative estimate of drug-likeness (QED) is 0.327. The highest BCUT2D eigenvalue weighted by Crippen LogP contribution is 2.35. The largest absolute Gasteiger partial charge is 0.497 e. The minimum atomic E-state index is -0.244. The van der Waals surface area contributed by atoms with Gasteiger partial charge in [0.1, 0.15) is 17.3 Å². The topological polar surface area (TPSA) is 54.9 Å². The SMILES string of the molecule is COc1ccc(C(=O)c2cnc3ccc(OC)cc3c2N2CCN(c3ccc(F)cc3)CC2)cc1.Cl. The van der Waals surface area contributed by atoms with Crippen LogP contribution in [-0.4, -0.2) is 51.2 Å². The minimum absolute atomic E-state index is 0. The molecule has 0 N–H and O–H groups in total. The number of hydrogen-bond acceptors (Lipinski definition) is 6. The van der Waals surface area contributed by atoms with Gasteiger partial charge in [-0.15, -0.1) is 12.4 Å². The van der Waals surface area contributed by atoms with Crippen molar-refractivity contribution in [3.63, 3.8) is 0 Å². The molecule has 0 unspecified atom stereocenters. The lowest BCUT2D eigenvalue weighted by Gasteiger charge is -2.38. The molecular formula is C28H27ClFN3O3. The van der Waals surface area contributed by atoms with Crippen LogP contribution in [0.3, 0.4) is 0 Å². The summed E-state index contributed by atoms with van der Waals surface area (Å²) < 4.78 is 24.1. The van der Waals surface area contributed by atoms with Gasteiger partial charge in [0.2, 0.25) is 0 Å². The number of ether oxygens (including phenoxy) is 2. The number of benzene rings is 3. The zero-order valence-corrected chi connectivity index (χ0v) is 20.9. The molecule has 0 bridgehead atoms. The van der Waals surface area contributed by atoms with Gasteiger partial charge < -0.3 is 19.3 Å². The van der Waals surface area contributed by atoms with Crippen LogP contribution >= 0.6 is 12.4 Å². The Kier molecular flexibility index (Phi) is 7.60. The van der Waals surface area contributed by atoms with E-state index in [4.69, 9.17) is 9.47 Å². The molecule has 186 valence electrons. The van der Waals surface area contributed by atoms with E-state index in [1.165, 1.54) is 12.1 Å². The number of fused-ring (bicyclic) bond motifs is 1. The van der Waals surface area contributed by atoms with Crippen LogP contribution in [0.15, 0.2) is 72.9 Å². The van der Waals surface area contributed by atoms with Crippen LogP contribution in [0.2, 0.25) is 0 Å². The van der Waals surface area contributed by atoms with Gasteiger partial charge in [0.15, 0.2) is 5.78 Å². The van der Waals surface area contributed by atoms with Crippen LogP contribution < -0.4 is 19.3 Å². The van der Waals surface area contributed by atoms with Crippen molar-refractivity contribution in [1.82, 2.24) is 4.98 Å². The summed E-state index contributed by atoms with van der Waals surface area (Å²) in [5, 5.41) is 0.874. The molecule has 8 heteroatoms. The van der Waals surface area contributed by atoms with Gasteiger partial charge in [-0.2, -0.15) is 0 Å². The standard InChI is InChI=1S/C28H26FN3O3.ClH/c1-34-22-9-3-19(4-10-22)28(33)25-18-30-26-12-11-23(35-2)17-24(26)27(25)32-15-13-31(14-16-32)21-7-5-20(29)6-8-21;/h3-12,17-18H,13-16H2,1-2H3;1H. The Morgan fingerprint density at radius 3 is 2.08 bits per heavy atom. The molecule has 0 amide bonds. The molecule has 1 saturated heterocycles. The molecule has 4 aromatic rings. The van der Waals surface area contributed by atoms with Crippen molar-refractivity contribution in [1.29, 1.82) is 0 Å². The van der Waals surface area contributed by atoms with Gasteiger partial charge in [0, 0.05) is 49.0 Å². The summed E-state index contributed by atoms with van der Waals surface area (Å²) in [4.78, 5) is 22.7. The third kappa shape index (κ3) is 4.93. The highest BCUT2D eigenvalue weighted by molar-refractivity contribution is 6.16. The molecule has 1 aromatic heterocycles. The van der Waals surface area contributed by atoms with E-state index in [2.05, 4.69) is 14.8 Å². The van der Waals surface area contributed by atoms with E-state index in [9.17, 15) is 9.18 Å². The van der Waals surface area contributed by atoms with Crippen molar-refractivity contribution in [2.24, 2.45) is 0 Å². The number of piperazine rings is 1. The summed E-state index contributed by atoms with van der Waals surface area (Å²) in [6.45, 7) is 2.90. The molecule has 0 spiro atoms. The van der Waals surface area contributed by atoms with E-state index in [0.29, 0.717) is 35.7 Å². The normalized spacial score (nSPS) is 13.3. The van der Waals surface area contributed by atoms with Crippen molar-refractivity contribution in [3.8, 4) is 11.5 Å². The second-order valence-electron chi connectivity index (χ2n) is 8.41. The van der Waals surface area contributed by atoms with Gasteiger partial charge in [-0.1, -0.05) is 0 Å².